The molecule has 0 N–H and O–H groups in total. The van der Waals surface area contributed by atoms with Crippen molar-refractivity contribution in [1.29, 1.82) is 5.26 Å². The summed E-state index contributed by atoms with van der Waals surface area (Å²) in [5.74, 6) is -0.375. The second-order valence-electron chi connectivity index (χ2n) is 4.54. The van der Waals surface area contributed by atoms with Crippen LogP contribution in [0.15, 0.2) is 34.8 Å². The quantitative estimate of drug-likeness (QED) is 0.839. The second-order valence-corrected chi connectivity index (χ2v) is 7.63. The number of thiazole rings is 1. The van der Waals surface area contributed by atoms with Crippen LogP contribution in [-0.2, 0) is 10.0 Å². The maximum absolute atomic E-state index is 13.0. The zero-order valence-electron chi connectivity index (χ0n) is 12.0. The van der Waals surface area contributed by atoms with E-state index >= 15 is 0 Å². The van der Waals surface area contributed by atoms with Crippen molar-refractivity contribution in [2.75, 3.05) is 6.54 Å². The Hall–Kier alpha value is -1.82. The highest BCUT2D eigenvalue weighted by Gasteiger charge is 2.31. The molecule has 8 heteroatoms. The summed E-state index contributed by atoms with van der Waals surface area (Å²) in [6.07, 6.45) is 1.24. The summed E-state index contributed by atoms with van der Waals surface area (Å²) in [5, 5.41) is 8.80. The third-order valence-corrected chi connectivity index (χ3v) is 6.54. The number of sulfonamides is 1. The molecule has 116 valence electrons. The summed E-state index contributed by atoms with van der Waals surface area (Å²) in [5.41, 5.74) is 0.684. The molecule has 0 spiro atoms. The molecular formula is C14H14FN3O2S2. The summed E-state index contributed by atoms with van der Waals surface area (Å²) in [6.45, 7) is 3.69. The Morgan fingerprint density at radius 3 is 2.55 bits per heavy atom. The van der Waals surface area contributed by atoms with E-state index in [4.69, 9.17) is 5.26 Å². The Morgan fingerprint density at radius 1 is 1.41 bits per heavy atom. The van der Waals surface area contributed by atoms with Crippen molar-refractivity contribution in [1.82, 2.24) is 9.29 Å². The predicted molar refractivity (Wildman–Crippen MR) is 81.2 cm³/mol. The van der Waals surface area contributed by atoms with Crippen molar-refractivity contribution in [3.63, 3.8) is 0 Å². The molecule has 1 aromatic heterocycles. The molecule has 0 saturated heterocycles. The van der Waals surface area contributed by atoms with Gasteiger partial charge in [-0.3, -0.25) is 0 Å². The van der Waals surface area contributed by atoms with Gasteiger partial charge in [-0.1, -0.05) is 30.4 Å². The topological polar surface area (TPSA) is 74.1 Å². The van der Waals surface area contributed by atoms with E-state index in [9.17, 15) is 12.8 Å². The lowest BCUT2D eigenvalue weighted by molar-refractivity contribution is 0.356. The third-order valence-electron chi connectivity index (χ3n) is 3.22. The summed E-state index contributed by atoms with van der Waals surface area (Å²) >= 11 is 0.837. The van der Waals surface area contributed by atoms with Gasteiger partial charge < -0.3 is 0 Å². The Balaban J connectivity index is 2.37. The average molecular weight is 339 g/mol. The van der Waals surface area contributed by atoms with Crippen LogP contribution in [0.25, 0.3) is 0 Å². The third kappa shape index (κ3) is 3.16. The fourth-order valence-electron chi connectivity index (χ4n) is 2.09. The number of benzene rings is 1. The molecule has 0 saturated carbocycles. The van der Waals surface area contributed by atoms with Crippen LogP contribution in [0, 0.1) is 17.1 Å². The number of hydrogen-bond donors (Lipinski definition) is 0. The van der Waals surface area contributed by atoms with Crippen LogP contribution >= 0.6 is 11.3 Å². The zero-order chi connectivity index (χ0) is 16.3. The molecule has 2 aromatic rings. The molecule has 2 rings (SSSR count). The van der Waals surface area contributed by atoms with Crippen LogP contribution in [0.1, 0.15) is 30.3 Å². The molecule has 22 heavy (non-hydrogen) atoms. The van der Waals surface area contributed by atoms with Crippen molar-refractivity contribution < 1.29 is 12.8 Å². The van der Waals surface area contributed by atoms with Gasteiger partial charge in [-0.25, -0.2) is 17.8 Å². The van der Waals surface area contributed by atoms with Crippen LogP contribution in [0.5, 0.6) is 0 Å². The fourth-order valence-corrected chi connectivity index (χ4v) is 4.78. The van der Waals surface area contributed by atoms with Gasteiger partial charge >= 0.3 is 0 Å². The molecule has 0 amide bonds. The van der Waals surface area contributed by atoms with Crippen LogP contribution in [0.3, 0.4) is 0 Å². The number of halogens is 1. The number of nitriles is 1. The first kappa shape index (κ1) is 16.5. The standard InChI is InChI=1S/C14H14FN3O2S2/c1-3-18(10(2)11-4-6-12(15)7-5-11)22(19,20)14-17-9-13(8-16)21-14/h4-7,9-10H,3H2,1-2H3. The summed E-state index contributed by atoms with van der Waals surface area (Å²) in [6, 6.07) is 7.11. The minimum absolute atomic E-state index is 0.111. The van der Waals surface area contributed by atoms with E-state index in [2.05, 4.69) is 4.98 Å². The molecule has 0 aliphatic rings. The van der Waals surface area contributed by atoms with Crippen molar-refractivity contribution in [3.8, 4) is 6.07 Å². The lowest BCUT2D eigenvalue weighted by atomic mass is 10.1. The molecule has 0 radical (unpaired) electrons. The second kappa shape index (κ2) is 6.52. The highest BCUT2D eigenvalue weighted by molar-refractivity contribution is 7.91. The Bertz CT molecular complexity index is 794. The predicted octanol–water partition coefficient (Wildman–Crippen LogP) is 2.93. The monoisotopic (exact) mass is 339 g/mol. The van der Waals surface area contributed by atoms with E-state index in [-0.39, 0.29) is 21.6 Å². The van der Waals surface area contributed by atoms with E-state index in [0.29, 0.717) is 5.56 Å². The van der Waals surface area contributed by atoms with Gasteiger partial charge in [-0.2, -0.15) is 9.57 Å². The van der Waals surface area contributed by atoms with Gasteiger partial charge in [0, 0.05) is 12.6 Å². The summed E-state index contributed by atoms with van der Waals surface area (Å²) in [4.78, 5) is 4.06. The van der Waals surface area contributed by atoms with Crippen molar-refractivity contribution in [3.05, 3.63) is 46.7 Å². The Morgan fingerprint density at radius 2 is 2.05 bits per heavy atom. The van der Waals surface area contributed by atoms with Crippen molar-refractivity contribution >= 4 is 21.4 Å². The fraction of sp³-hybridized carbons (Fsp3) is 0.286. The minimum atomic E-state index is -3.80. The zero-order valence-corrected chi connectivity index (χ0v) is 13.7. The molecule has 1 atom stereocenters. The van der Waals surface area contributed by atoms with Crippen molar-refractivity contribution in [2.24, 2.45) is 0 Å². The smallest absolute Gasteiger partial charge is 0.231 e. The van der Waals surface area contributed by atoms with Gasteiger partial charge in [0.05, 0.1) is 6.20 Å². The first-order valence-corrected chi connectivity index (χ1v) is 8.79. The molecular weight excluding hydrogens is 325 g/mol. The van der Waals surface area contributed by atoms with Crippen LogP contribution in [0.2, 0.25) is 0 Å². The van der Waals surface area contributed by atoms with E-state index in [0.717, 1.165) is 11.3 Å². The molecule has 1 aromatic carbocycles. The normalized spacial score (nSPS) is 13.0. The van der Waals surface area contributed by atoms with Crippen LogP contribution < -0.4 is 0 Å². The van der Waals surface area contributed by atoms with Gasteiger partial charge in [0.25, 0.3) is 10.0 Å². The lowest BCUT2D eigenvalue weighted by Crippen LogP contribution is -2.33. The molecule has 5 nitrogen and oxygen atoms in total. The number of rotatable bonds is 5. The maximum Gasteiger partial charge on any atom is 0.270 e. The van der Waals surface area contributed by atoms with E-state index in [1.165, 1.54) is 22.6 Å². The molecule has 0 fully saturated rings. The minimum Gasteiger partial charge on any atom is -0.231 e. The SMILES string of the molecule is CCN(C(C)c1ccc(F)cc1)S(=O)(=O)c1ncc(C#N)s1. The highest BCUT2D eigenvalue weighted by Crippen LogP contribution is 2.29. The molecule has 0 aliphatic carbocycles. The number of aromatic nitrogens is 1. The summed E-state index contributed by atoms with van der Waals surface area (Å²) < 4.78 is 39.5. The summed E-state index contributed by atoms with van der Waals surface area (Å²) in [7, 11) is -3.80. The molecule has 0 aliphatic heterocycles. The van der Waals surface area contributed by atoms with E-state index < -0.39 is 16.1 Å². The Labute approximate surface area is 132 Å². The molecule has 1 heterocycles. The molecule has 0 bridgehead atoms. The average Bonchev–Trinajstić information content (AvgIpc) is 2.98. The van der Waals surface area contributed by atoms with E-state index in [1.54, 1.807) is 26.0 Å². The number of nitrogens with zero attached hydrogens (tertiary/aromatic N) is 3. The number of hydrogen-bond acceptors (Lipinski definition) is 5. The van der Waals surface area contributed by atoms with Gasteiger partial charge in [0.1, 0.15) is 16.8 Å². The first-order valence-electron chi connectivity index (χ1n) is 6.53. The van der Waals surface area contributed by atoms with Crippen molar-refractivity contribution in [2.45, 2.75) is 24.2 Å². The van der Waals surface area contributed by atoms with Gasteiger partial charge in [0.2, 0.25) is 4.34 Å². The lowest BCUT2D eigenvalue weighted by Gasteiger charge is -2.26. The largest absolute Gasteiger partial charge is 0.270 e. The Kier molecular flexibility index (Phi) is 4.90. The molecule has 1 unspecified atom stereocenters. The van der Waals surface area contributed by atoms with Crippen LogP contribution in [0.4, 0.5) is 4.39 Å². The first-order chi connectivity index (χ1) is 10.4. The highest BCUT2D eigenvalue weighted by atomic mass is 32.2. The van der Waals surface area contributed by atoms with E-state index in [1.807, 2.05) is 6.07 Å². The van der Waals surface area contributed by atoms with Gasteiger partial charge in [-0.15, -0.1) is 0 Å². The van der Waals surface area contributed by atoms with Gasteiger partial charge in [0.15, 0.2) is 0 Å². The maximum atomic E-state index is 13.0. The van der Waals surface area contributed by atoms with Gasteiger partial charge in [-0.05, 0) is 24.6 Å². The van der Waals surface area contributed by atoms with Crippen LogP contribution in [-0.4, -0.2) is 24.3 Å².